The van der Waals surface area contributed by atoms with E-state index >= 15 is 0 Å². The summed E-state index contributed by atoms with van der Waals surface area (Å²) in [5.74, 6) is 0.636. The summed E-state index contributed by atoms with van der Waals surface area (Å²) >= 11 is 4.79. The fourth-order valence-electron chi connectivity index (χ4n) is 3.87. The molecule has 5 aromatic rings. The molecule has 8 heteroatoms. The second-order valence-electron chi connectivity index (χ2n) is 8.45. The summed E-state index contributed by atoms with van der Waals surface area (Å²) < 4.78 is 2.95. The Hall–Kier alpha value is -4.01. The van der Waals surface area contributed by atoms with Crippen molar-refractivity contribution in [2.45, 2.75) is 12.1 Å². The first-order chi connectivity index (χ1) is 18.6. The minimum Gasteiger partial charge on any atom is -0.272 e. The number of para-hydroxylation sites is 1. The molecular weight excluding hydrogens is 558 g/mol. The van der Waals surface area contributed by atoms with Gasteiger partial charge in [-0.3, -0.25) is 9.36 Å². The zero-order valence-electron chi connectivity index (χ0n) is 20.6. The van der Waals surface area contributed by atoms with E-state index in [1.165, 1.54) is 11.8 Å². The van der Waals surface area contributed by atoms with Crippen LogP contribution in [0.5, 0.6) is 0 Å². The number of amides is 1. The number of hydrogen-bond donors (Lipinski definition) is 1. The number of nitrogens with one attached hydrogen (secondary N) is 1. The Kier molecular flexibility index (Phi) is 8.11. The van der Waals surface area contributed by atoms with Crippen LogP contribution in [0.1, 0.15) is 12.5 Å². The minimum absolute atomic E-state index is 0.148. The van der Waals surface area contributed by atoms with Gasteiger partial charge in [-0.25, -0.2) is 5.43 Å². The lowest BCUT2D eigenvalue weighted by molar-refractivity contribution is -0.118. The van der Waals surface area contributed by atoms with Crippen molar-refractivity contribution in [3.8, 4) is 28.2 Å². The van der Waals surface area contributed by atoms with Crippen LogP contribution >= 0.6 is 27.7 Å². The molecule has 0 aliphatic rings. The number of nitrogens with zero attached hydrogens (tertiary/aromatic N) is 4. The van der Waals surface area contributed by atoms with Crippen LogP contribution in [0, 0.1) is 0 Å². The van der Waals surface area contributed by atoms with E-state index in [1.807, 2.05) is 96.4 Å². The maximum atomic E-state index is 12.7. The first-order valence-electron chi connectivity index (χ1n) is 12.0. The van der Waals surface area contributed by atoms with E-state index in [0.717, 1.165) is 38.1 Å². The van der Waals surface area contributed by atoms with Gasteiger partial charge in [0.15, 0.2) is 11.0 Å². The first-order valence-corrected chi connectivity index (χ1v) is 13.7. The predicted molar refractivity (Wildman–Crippen MR) is 157 cm³/mol. The quantitative estimate of drug-likeness (QED) is 0.122. The van der Waals surface area contributed by atoms with Gasteiger partial charge in [-0.05, 0) is 47.9 Å². The van der Waals surface area contributed by atoms with Crippen LogP contribution in [0.4, 0.5) is 0 Å². The van der Waals surface area contributed by atoms with Crippen molar-refractivity contribution in [2.75, 3.05) is 5.75 Å². The highest BCUT2D eigenvalue weighted by atomic mass is 79.9. The summed E-state index contributed by atoms with van der Waals surface area (Å²) in [5.41, 5.74) is 8.48. The Balaban J connectivity index is 1.27. The van der Waals surface area contributed by atoms with E-state index in [4.69, 9.17) is 0 Å². The molecule has 0 aliphatic heterocycles. The van der Waals surface area contributed by atoms with E-state index in [0.29, 0.717) is 11.0 Å². The van der Waals surface area contributed by atoms with Crippen LogP contribution in [-0.4, -0.2) is 32.1 Å². The van der Waals surface area contributed by atoms with Crippen LogP contribution in [0.15, 0.2) is 124 Å². The number of benzene rings is 4. The molecule has 188 valence electrons. The van der Waals surface area contributed by atoms with E-state index in [1.54, 1.807) is 0 Å². The van der Waals surface area contributed by atoms with E-state index in [9.17, 15) is 4.79 Å². The first kappa shape index (κ1) is 25.6. The maximum absolute atomic E-state index is 12.7. The van der Waals surface area contributed by atoms with Crippen molar-refractivity contribution in [1.82, 2.24) is 20.2 Å². The molecule has 0 spiro atoms. The van der Waals surface area contributed by atoms with Crippen LogP contribution in [-0.2, 0) is 4.79 Å². The highest BCUT2D eigenvalue weighted by molar-refractivity contribution is 9.10. The van der Waals surface area contributed by atoms with Crippen molar-refractivity contribution >= 4 is 39.3 Å². The highest BCUT2D eigenvalue weighted by Gasteiger charge is 2.17. The number of carbonyl (C=O) groups excluding carboxylic acids is 1. The van der Waals surface area contributed by atoms with Crippen LogP contribution in [0.25, 0.3) is 28.2 Å². The van der Waals surface area contributed by atoms with Gasteiger partial charge in [0.2, 0.25) is 0 Å². The van der Waals surface area contributed by atoms with Crippen molar-refractivity contribution in [1.29, 1.82) is 0 Å². The van der Waals surface area contributed by atoms with Gasteiger partial charge in [0.25, 0.3) is 5.91 Å². The summed E-state index contributed by atoms with van der Waals surface area (Å²) in [7, 11) is 0. The molecule has 0 atom stereocenters. The van der Waals surface area contributed by atoms with Gasteiger partial charge < -0.3 is 0 Å². The average molecular weight is 583 g/mol. The molecule has 1 heterocycles. The Bertz CT molecular complexity index is 1550. The smallest absolute Gasteiger partial charge is 0.250 e. The summed E-state index contributed by atoms with van der Waals surface area (Å²) in [6, 6.07) is 36.1. The molecule has 0 aliphatic carbocycles. The van der Waals surface area contributed by atoms with Gasteiger partial charge in [0, 0.05) is 15.7 Å². The normalized spacial score (nSPS) is 11.4. The summed E-state index contributed by atoms with van der Waals surface area (Å²) in [6.07, 6.45) is 0. The summed E-state index contributed by atoms with van der Waals surface area (Å²) in [6.45, 7) is 1.88. The molecule has 5 rings (SSSR count). The van der Waals surface area contributed by atoms with Gasteiger partial charge in [0.1, 0.15) is 0 Å². The molecule has 0 saturated heterocycles. The fourth-order valence-corrected chi connectivity index (χ4v) is 4.88. The number of carbonyl (C=O) groups is 1. The minimum atomic E-state index is -0.219. The van der Waals surface area contributed by atoms with Crippen molar-refractivity contribution in [3.05, 3.63) is 119 Å². The zero-order valence-corrected chi connectivity index (χ0v) is 23.0. The van der Waals surface area contributed by atoms with Crippen LogP contribution < -0.4 is 5.43 Å². The lowest BCUT2D eigenvalue weighted by atomic mass is 10.0. The number of rotatable bonds is 8. The molecular formula is C30H24BrN5OS. The molecule has 0 radical (unpaired) electrons. The molecule has 38 heavy (non-hydrogen) atoms. The molecule has 1 N–H and O–H groups in total. The lowest BCUT2D eigenvalue weighted by Gasteiger charge is -2.10. The summed E-state index contributed by atoms with van der Waals surface area (Å²) in [4.78, 5) is 12.7. The molecule has 0 fully saturated rings. The average Bonchev–Trinajstić information content (AvgIpc) is 3.40. The van der Waals surface area contributed by atoms with E-state index < -0.39 is 0 Å². The molecule has 0 bridgehead atoms. The van der Waals surface area contributed by atoms with Crippen molar-refractivity contribution < 1.29 is 4.79 Å². The van der Waals surface area contributed by atoms with Gasteiger partial charge >= 0.3 is 0 Å². The fraction of sp³-hybridized carbons (Fsp3) is 0.0667. The predicted octanol–water partition coefficient (Wildman–Crippen LogP) is 7.00. The van der Waals surface area contributed by atoms with Crippen molar-refractivity contribution in [2.24, 2.45) is 5.10 Å². The third kappa shape index (κ3) is 6.10. The molecule has 4 aromatic carbocycles. The number of hydrogen-bond acceptors (Lipinski definition) is 5. The Morgan fingerprint density at radius 2 is 1.42 bits per heavy atom. The zero-order chi connectivity index (χ0) is 26.3. The Morgan fingerprint density at radius 3 is 2.11 bits per heavy atom. The second-order valence-corrected chi connectivity index (χ2v) is 10.3. The molecule has 1 aromatic heterocycles. The monoisotopic (exact) mass is 581 g/mol. The number of hydrazone groups is 1. The van der Waals surface area contributed by atoms with E-state index in [2.05, 4.69) is 60.9 Å². The highest BCUT2D eigenvalue weighted by Crippen LogP contribution is 2.28. The van der Waals surface area contributed by atoms with Gasteiger partial charge in [0.05, 0.1) is 11.5 Å². The van der Waals surface area contributed by atoms with E-state index in [-0.39, 0.29) is 11.7 Å². The van der Waals surface area contributed by atoms with Crippen LogP contribution in [0.2, 0.25) is 0 Å². The Morgan fingerprint density at radius 1 is 0.816 bits per heavy atom. The standard InChI is InChI=1S/C30H24BrN5OS/c1-21(22-12-14-24(15-13-22)23-8-4-2-5-9-23)32-33-28(37)20-38-30-35-34-29(25-16-18-26(31)19-17-25)36(30)27-10-6-3-7-11-27/h2-19H,20H2,1H3,(H,33,37)/b32-21+. The van der Waals surface area contributed by atoms with Gasteiger partial charge in [-0.2, -0.15) is 5.10 Å². The molecule has 0 unspecified atom stereocenters. The topological polar surface area (TPSA) is 72.2 Å². The number of halogens is 1. The lowest BCUT2D eigenvalue weighted by Crippen LogP contribution is -2.21. The molecule has 0 saturated carbocycles. The second kappa shape index (κ2) is 12.0. The number of aromatic nitrogens is 3. The molecule has 1 amide bonds. The van der Waals surface area contributed by atoms with Crippen LogP contribution in [0.3, 0.4) is 0 Å². The third-order valence-corrected chi connectivity index (χ3v) is 7.30. The maximum Gasteiger partial charge on any atom is 0.250 e. The SMILES string of the molecule is C/C(=N\NC(=O)CSc1nnc(-c2ccc(Br)cc2)n1-c1ccccc1)c1ccc(-c2ccccc2)cc1. The third-order valence-electron chi connectivity index (χ3n) is 5.84. The largest absolute Gasteiger partial charge is 0.272 e. The van der Waals surface area contributed by atoms with Gasteiger partial charge in [-0.15, -0.1) is 10.2 Å². The van der Waals surface area contributed by atoms with Crippen molar-refractivity contribution in [3.63, 3.8) is 0 Å². The molecule has 6 nitrogen and oxygen atoms in total. The van der Waals surface area contributed by atoms with Gasteiger partial charge in [-0.1, -0.05) is 113 Å². The number of thioether (sulfide) groups is 1. The Labute approximate surface area is 234 Å². The summed E-state index contributed by atoms with van der Waals surface area (Å²) in [5, 5.41) is 13.8.